The maximum Gasteiger partial charge on any atom is 0.341 e. The first-order valence-electron chi connectivity index (χ1n) is 14.2. The zero-order chi connectivity index (χ0) is 31.2. The predicted octanol–water partition coefficient (Wildman–Crippen LogP) is 7.40. The lowest BCUT2D eigenvalue weighted by Crippen LogP contribution is -2.20. The summed E-state index contributed by atoms with van der Waals surface area (Å²) in [6.07, 6.45) is 2.64. The molecule has 0 bridgehead atoms. The maximum atomic E-state index is 14.0. The van der Waals surface area contributed by atoms with Crippen molar-refractivity contribution < 1.29 is 28.6 Å². The van der Waals surface area contributed by atoms with Gasteiger partial charge in [0.25, 0.3) is 5.91 Å². The highest BCUT2D eigenvalue weighted by Gasteiger charge is 2.31. The molecule has 2 N–H and O–H groups in total. The second kappa shape index (κ2) is 14.0. The minimum atomic E-state index is -0.639. The van der Waals surface area contributed by atoms with Crippen LogP contribution in [0.1, 0.15) is 55.3 Å². The summed E-state index contributed by atoms with van der Waals surface area (Å²) in [7, 11) is 4.36. The van der Waals surface area contributed by atoms with Crippen molar-refractivity contribution in [2.45, 2.75) is 36.3 Å². The molecule has 0 fully saturated rings. The van der Waals surface area contributed by atoms with Crippen LogP contribution in [-0.4, -0.2) is 39.1 Å². The first kappa shape index (κ1) is 31.2. The fourth-order valence-electron chi connectivity index (χ4n) is 5.29. The van der Waals surface area contributed by atoms with Gasteiger partial charge >= 0.3 is 5.97 Å². The first-order valence-corrected chi connectivity index (χ1v) is 15.9. The maximum absolute atomic E-state index is 14.0. The summed E-state index contributed by atoms with van der Waals surface area (Å²) in [6, 6.07) is 21.9. The molecule has 228 valence electrons. The predicted molar refractivity (Wildman–Crippen MR) is 174 cm³/mol. The summed E-state index contributed by atoms with van der Waals surface area (Å²) >= 11 is 2.81. The lowest BCUT2D eigenvalue weighted by molar-refractivity contribution is -0.115. The molecule has 0 saturated heterocycles. The number of thioether (sulfide) groups is 1. The second-order valence-corrected chi connectivity index (χ2v) is 12.7. The van der Waals surface area contributed by atoms with Crippen LogP contribution in [0.5, 0.6) is 11.5 Å². The molecule has 1 aromatic heterocycles. The zero-order valence-electron chi connectivity index (χ0n) is 25.0. The van der Waals surface area contributed by atoms with E-state index < -0.39 is 11.2 Å². The van der Waals surface area contributed by atoms with E-state index in [1.165, 1.54) is 44.4 Å². The number of esters is 1. The number of amides is 2. The number of hydrogen-bond acceptors (Lipinski definition) is 8. The van der Waals surface area contributed by atoms with E-state index in [0.717, 1.165) is 40.2 Å². The molecule has 0 spiro atoms. The minimum Gasteiger partial charge on any atom is -0.496 e. The van der Waals surface area contributed by atoms with Crippen LogP contribution in [0.2, 0.25) is 0 Å². The zero-order valence-corrected chi connectivity index (χ0v) is 26.6. The van der Waals surface area contributed by atoms with Gasteiger partial charge in [0.2, 0.25) is 5.91 Å². The van der Waals surface area contributed by atoms with Crippen molar-refractivity contribution in [3.63, 3.8) is 0 Å². The number of carbonyl (C=O) groups excluding carboxylic acids is 3. The van der Waals surface area contributed by atoms with Gasteiger partial charge in [-0.2, -0.15) is 0 Å². The van der Waals surface area contributed by atoms with Crippen LogP contribution in [0, 0.1) is 5.92 Å². The highest BCUT2D eigenvalue weighted by Crippen LogP contribution is 2.42. The summed E-state index contributed by atoms with van der Waals surface area (Å²) in [4.78, 5) is 42.0. The molecule has 2 atom stereocenters. The van der Waals surface area contributed by atoms with Gasteiger partial charge in [-0.05, 0) is 66.6 Å². The Kier molecular flexibility index (Phi) is 9.92. The molecule has 44 heavy (non-hydrogen) atoms. The van der Waals surface area contributed by atoms with Crippen molar-refractivity contribution in [3.8, 4) is 11.5 Å². The fourth-order valence-corrected chi connectivity index (χ4v) is 7.77. The number of methoxy groups -OCH3 is 3. The van der Waals surface area contributed by atoms with Crippen molar-refractivity contribution >= 4 is 51.6 Å². The number of hydrogen-bond donors (Lipinski definition) is 2. The van der Waals surface area contributed by atoms with Gasteiger partial charge in [-0.1, -0.05) is 49.4 Å². The third-order valence-electron chi connectivity index (χ3n) is 7.48. The Bertz CT molecular complexity index is 1650. The van der Waals surface area contributed by atoms with E-state index >= 15 is 0 Å². The number of carbonyl (C=O) groups is 3. The lowest BCUT2D eigenvalue weighted by Gasteiger charge is -2.18. The Labute approximate surface area is 265 Å². The number of thiophene rings is 1. The van der Waals surface area contributed by atoms with E-state index in [-0.39, 0.29) is 17.4 Å². The van der Waals surface area contributed by atoms with Crippen molar-refractivity contribution in [2.24, 2.45) is 5.92 Å². The highest BCUT2D eigenvalue weighted by atomic mass is 32.2. The Morgan fingerprint density at radius 3 is 2.27 bits per heavy atom. The molecule has 1 aliphatic rings. The molecule has 1 aliphatic carbocycles. The van der Waals surface area contributed by atoms with E-state index in [0.29, 0.717) is 33.7 Å². The van der Waals surface area contributed by atoms with E-state index in [9.17, 15) is 14.4 Å². The molecule has 0 aliphatic heterocycles. The van der Waals surface area contributed by atoms with E-state index in [4.69, 9.17) is 14.2 Å². The standard InChI is InChI=1S/C34H34N2O6S2/c1-20-16-17-24-27(18-20)44-33(28(24)34(39)42-4)36-32(38)30(21-10-6-5-7-11-21)43-23-13-8-12-22(19-23)35-31(37)29-25(40-2)14-9-15-26(29)41-3/h5-15,19-20,30H,16-18H2,1-4H3,(H,35,37)(H,36,38). The molecule has 2 amide bonds. The molecular weight excluding hydrogens is 597 g/mol. The number of rotatable bonds is 10. The molecule has 0 radical (unpaired) electrons. The smallest absolute Gasteiger partial charge is 0.341 e. The average molecular weight is 631 g/mol. The van der Waals surface area contributed by atoms with Crippen molar-refractivity contribution in [3.05, 3.63) is 99.9 Å². The van der Waals surface area contributed by atoms with Crippen LogP contribution >= 0.6 is 23.1 Å². The van der Waals surface area contributed by atoms with Crippen molar-refractivity contribution in [1.29, 1.82) is 0 Å². The Morgan fingerprint density at radius 2 is 1.59 bits per heavy atom. The van der Waals surface area contributed by atoms with Crippen LogP contribution in [0.4, 0.5) is 10.7 Å². The number of anilines is 2. The van der Waals surface area contributed by atoms with Gasteiger partial charge in [-0.15, -0.1) is 23.1 Å². The molecule has 4 aromatic rings. The number of ether oxygens (including phenoxy) is 3. The van der Waals surface area contributed by atoms with Gasteiger partial charge in [0.05, 0.1) is 26.9 Å². The topological polar surface area (TPSA) is 103 Å². The largest absolute Gasteiger partial charge is 0.496 e. The highest BCUT2D eigenvalue weighted by molar-refractivity contribution is 8.00. The van der Waals surface area contributed by atoms with Crippen LogP contribution in [0.25, 0.3) is 0 Å². The molecular formula is C34H34N2O6S2. The monoisotopic (exact) mass is 630 g/mol. The summed E-state index contributed by atoms with van der Waals surface area (Å²) in [5, 5.41) is 5.88. The average Bonchev–Trinajstić information content (AvgIpc) is 3.39. The molecule has 0 saturated carbocycles. The van der Waals surface area contributed by atoms with Gasteiger partial charge in [-0.3, -0.25) is 9.59 Å². The van der Waals surface area contributed by atoms with Crippen LogP contribution in [0.3, 0.4) is 0 Å². The normalized spacial score (nSPS) is 14.6. The van der Waals surface area contributed by atoms with Gasteiger partial charge in [0.15, 0.2) is 0 Å². The molecule has 1 heterocycles. The lowest BCUT2D eigenvalue weighted by atomic mass is 9.88. The van der Waals surface area contributed by atoms with E-state index in [2.05, 4.69) is 17.6 Å². The van der Waals surface area contributed by atoms with Crippen molar-refractivity contribution in [2.75, 3.05) is 32.0 Å². The van der Waals surface area contributed by atoms with Gasteiger partial charge in [0.1, 0.15) is 27.3 Å². The molecule has 8 nitrogen and oxygen atoms in total. The molecule has 5 rings (SSSR count). The van der Waals surface area contributed by atoms with Crippen LogP contribution < -0.4 is 20.1 Å². The molecule has 2 unspecified atom stereocenters. The SMILES string of the molecule is COC(=O)c1c(NC(=O)C(Sc2cccc(NC(=O)c3c(OC)cccc3OC)c2)c2ccccc2)sc2c1CCC(C)C2. The number of benzene rings is 3. The minimum absolute atomic E-state index is 0.258. The van der Waals surface area contributed by atoms with Crippen LogP contribution in [0.15, 0.2) is 77.7 Å². The molecule has 3 aromatic carbocycles. The Balaban J connectivity index is 1.41. The van der Waals surface area contributed by atoms with E-state index in [1.807, 2.05) is 48.5 Å². The van der Waals surface area contributed by atoms with Gasteiger partial charge in [-0.25, -0.2) is 4.79 Å². The molecule has 10 heteroatoms. The van der Waals surface area contributed by atoms with Crippen LogP contribution in [-0.2, 0) is 22.4 Å². The van der Waals surface area contributed by atoms with Gasteiger partial charge < -0.3 is 24.8 Å². The first-order chi connectivity index (χ1) is 21.3. The Morgan fingerprint density at radius 1 is 0.886 bits per heavy atom. The quantitative estimate of drug-likeness (QED) is 0.139. The summed E-state index contributed by atoms with van der Waals surface area (Å²) < 4.78 is 15.9. The number of nitrogens with one attached hydrogen (secondary N) is 2. The van der Waals surface area contributed by atoms with Gasteiger partial charge in [0, 0.05) is 15.5 Å². The summed E-state index contributed by atoms with van der Waals surface area (Å²) in [6.45, 7) is 2.20. The van der Waals surface area contributed by atoms with E-state index in [1.54, 1.807) is 24.3 Å². The number of fused-ring (bicyclic) bond motifs is 1. The fraction of sp³-hybridized carbons (Fsp3) is 0.265. The third-order valence-corrected chi connectivity index (χ3v) is 9.90. The second-order valence-electron chi connectivity index (χ2n) is 10.5. The Hall–Kier alpha value is -4.28. The third kappa shape index (κ3) is 6.76. The summed E-state index contributed by atoms with van der Waals surface area (Å²) in [5.74, 6) is 0.218. The summed E-state index contributed by atoms with van der Waals surface area (Å²) in [5.41, 5.74) is 3.08. The van der Waals surface area contributed by atoms with Crippen molar-refractivity contribution in [1.82, 2.24) is 0 Å².